The molecule has 0 bridgehead atoms. The number of hydrogen-bond acceptors (Lipinski definition) is 4. The van der Waals surface area contributed by atoms with E-state index in [1.54, 1.807) is 19.2 Å². The molecule has 0 fully saturated rings. The van der Waals surface area contributed by atoms with Crippen molar-refractivity contribution in [1.29, 1.82) is 0 Å². The Morgan fingerprint density at radius 3 is 2.44 bits per heavy atom. The van der Waals surface area contributed by atoms with Crippen LogP contribution < -0.4 is 20.7 Å². The summed E-state index contributed by atoms with van der Waals surface area (Å²) >= 11 is 0. The van der Waals surface area contributed by atoms with E-state index in [0.29, 0.717) is 6.54 Å². The number of amides is 2. The summed E-state index contributed by atoms with van der Waals surface area (Å²) < 4.78 is 5.18. The van der Waals surface area contributed by atoms with E-state index in [1.165, 1.54) is 6.92 Å². The third kappa shape index (κ3) is 6.55. The van der Waals surface area contributed by atoms with Crippen molar-refractivity contribution in [3.05, 3.63) is 54.1 Å². The predicted molar refractivity (Wildman–Crippen MR) is 98.9 cm³/mol. The minimum absolute atomic E-state index is 0.0752. The first kappa shape index (κ1) is 18.3. The monoisotopic (exact) mass is 341 g/mol. The normalized spacial score (nSPS) is 10.0. The molecule has 0 aromatic heterocycles. The molecule has 0 atom stereocenters. The second-order valence-electron chi connectivity index (χ2n) is 5.56. The van der Waals surface area contributed by atoms with Crippen LogP contribution in [0.4, 0.5) is 11.4 Å². The Morgan fingerprint density at radius 1 is 1.04 bits per heavy atom. The molecule has 2 amide bonds. The van der Waals surface area contributed by atoms with Gasteiger partial charge in [-0.05, 0) is 48.4 Å². The third-order valence-corrected chi connectivity index (χ3v) is 3.53. The van der Waals surface area contributed by atoms with Crippen molar-refractivity contribution in [2.45, 2.75) is 13.3 Å². The maximum atomic E-state index is 11.9. The maximum absolute atomic E-state index is 11.9. The largest absolute Gasteiger partial charge is 0.497 e. The van der Waals surface area contributed by atoms with Gasteiger partial charge in [-0.2, -0.15) is 0 Å². The average molecular weight is 341 g/mol. The fraction of sp³-hybridized carbons (Fsp3) is 0.263. The standard InChI is InChI=1S/C19H23N3O3/c1-14(23)22-17-8-6-16(7-9-17)21-13-19(24)20-11-10-15-4-3-5-18(12-15)25-2/h3-9,12,21H,10-11,13H2,1-2H3,(H,20,24)(H,22,23). The van der Waals surface area contributed by atoms with E-state index in [9.17, 15) is 9.59 Å². The molecule has 3 N–H and O–H groups in total. The molecule has 0 radical (unpaired) electrons. The summed E-state index contributed by atoms with van der Waals surface area (Å²) in [6.45, 7) is 2.22. The highest BCUT2D eigenvalue weighted by atomic mass is 16.5. The molecular formula is C19H23N3O3. The number of nitrogens with one attached hydrogen (secondary N) is 3. The first-order chi connectivity index (χ1) is 12.1. The van der Waals surface area contributed by atoms with Gasteiger partial charge in [0.2, 0.25) is 11.8 Å². The average Bonchev–Trinajstić information content (AvgIpc) is 2.61. The van der Waals surface area contributed by atoms with Gasteiger partial charge in [0.15, 0.2) is 0 Å². The fourth-order valence-corrected chi connectivity index (χ4v) is 2.29. The van der Waals surface area contributed by atoms with Gasteiger partial charge in [-0.1, -0.05) is 12.1 Å². The Morgan fingerprint density at radius 2 is 1.76 bits per heavy atom. The van der Waals surface area contributed by atoms with Gasteiger partial charge in [0, 0.05) is 24.8 Å². The lowest BCUT2D eigenvalue weighted by Crippen LogP contribution is -2.31. The van der Waals surface area contributed by atoms with Gasteiger partial charge in [-0.3, -0.25) is 9.59 Å². The van der Waals surface area contributed by atoms with Gasteiger partial charge < -0.3 is 20.7 Å². The van der Waals surface area contributed by atoms with Crippen molar-refractivity contribution in [3.63, 3.8) is 0 Å². The van der Waals surface area contributed by atoms with Crippen LogP contribution in [0.15, 0.2) is 48.5 Å². The molecule has 0 spiro atoms. The summed E-state index contributed by atoms with van der Waals surface area (Å²) in [4.78, 5) is 22.9. The zero-order valence-corrected chi connectivity index (χ0v) is 14.5. The van der Waals surface area contributed by atoms with Crippen molar-refractivity contribution in [2.24, 2.45) is 0 Å². The van der Waals surface area contributed by atoms with Gasteiger partial charge in [-0.25, -0.2) is 0 Å². The van der Waals surface area contributed by atoms with Crippen LogP contribution in [0.5, 0.6) is 5.75 Å². The van der Waals surface area contributed by atoms with Gasteiger partial charge in [0.25, 0.3) is 0 Å². The highest BCUT2D eigenvalue weighted by molar-refractivity contribution is 5.88. The lowest BCUT2D eigenvalue weighted by Gasteiger charge is -2.09. The number of benzene rings is 2. The van der Waals surface area contributed by atoms with E-state index < -0.39 is 0 Å². The lowest BCUT2D eigenvalue weighted by molar-refractivity contribution is -0.119. The smallest absolute Gasteiger partial charge is 0.239 e. The molecule has 25 heavy (non-hydrogen) atoms. The Hall–Kier alpha value is -3.02. The molecule has 0 aliphatic rings. The van der Waals surface area contributed by atoms with Crippen LogP contribution in [0, 0.1) is 0 Å². The van der Waals surface area contributed by atoms with Crippen LogP contribution in [0.1, 0.15) is 12.5 Å². The van der Waals surface area contributed by atoms with Crippen molar-refractivity contribution >= 4 is 23.2 Å². The van der Waals surface area contributed by atoms with E-state index in [-0.39, 0.29) is 18.4 Å². The number of rotatable bonds is 8. The molecule has 2 aromatic carbocycles. The summed E-state index contributed by atoms with van der Waals surface area (Å²) in [5.74, 6) is 0.623. The molecule has 0 saturated carbocycles. The number of carbonyl (C=O) groups excluding carboxylic acids is 2. The quantitative estimate of drug-likeness (QED) is 0.689. The molecule has 0 aliphatic heterocycles. The molecule has 0 saturated heterocycles. The lowest BCUT2D eigenvalue weighted by atomic mass is 10.1. The summed E-state index contributed by atoms with van der Waals surface area (Å²) in [5.41, 5.74) is 2.65. The molecule has 6 nitrogen and oxygen atoms in total. The molecule has 0 heterocycles. The number of anilines is 2. The summed E-state index contributed by atoms with van der Waals surface area (Å²) in [6, 6.07) is 15.0. The second kappa shape index (κ2) is 9.32. The van der Waals surface area contributed by atoms with Crippen molar-refractivity contribution < 1.29 is 14.3 Å². The summed E-state index contributed by atoms with van der Waals surface area (Å²) in [7, 11) is 1.63. The number of ether oxygens (including phenoxy) is 1. The minimum atomic E-state index is -0.115. The molecular weight excluding hydrogens is 318 g/mol. The molecule has 132 valence electrons. The van der Waals surface area contributed by atoms with Gasteiger partial charge in [0.1, 0.15) is 5.75 Å². The van der Waals surface area contributed by atoms with E-state index >= 15 is 0 Å². The van der Waals surface area contributed by atoms with Crippen LogP contribution in [0.25, 0.3) is 0 Å². The van der Waals surface area contributed by atoms with Crippen molar-refractivity contribution in [2.75, 3.05) is 30.8 Å². The van der Waals surface area contributed by atoms with Crippen LogP contribution in [-0.4, -0.2) is 32.0 Å². The summed E-state index contributed by atoms with van der Waals surface area (Å²) in [6.07, 6.45) is 0.744. The topological polar surface area (TPSA) is 79.5 Å². The Bertz CT molecular complexity index is 714. The maximum Gasteiger partial charge on any atom is 0.239 e. The van der Waals surface area contributed by atoms with Gasteiger partial charge >= 0.3 is 0 Å². The molecule has 2 aromatic rings. The van der Waals surface area contributed by atoms with Crippen molar-refractivity contribution in [1.82, 2.24) is 5.32 Å². The first-order valence-corrected chi connectivity index (χ1v) is 8.08. The first-order valence-electron chi connectivity index (χ1n) is 8.08. The molecule has 0 aliphatic carbocycles. The highest BCUT2D eigenvalue weighted by Crippen LogP contribution is 2.13. The number of methoxy groups -OCH3 is 1. The SMILES string of the molecule is COc1cccc(CCNC(=O)CNc2ccc(NC(C)=O)cc2)c1. The second-order valence-corrected chi connectivity index (χ2v) is 5.56. The number of hydrogen-bond donors (Lipinski definition) is 3. The molecule has 2 rings (SSSR count). The van der Waals surface area contributed by atoms with E-state index in [4.69, 9.17) is 4.74 Å². The predicted octanol–water partition coefficient (Wildman–Crippen LogP) is 2.42. The van der Waals surface area contributed by atoms with Gasteiger partial charge in [-0.15, -0.1) is 0 Å². The van der Waals surface area contributed by atoms with Crippen molar-refractivity contribution in [3.8, 4) is 5.75 Å². The number of carbonyl (C=O) groups is 2. The van der Waals surface area contributed by atoms with Crippen LogP contribution in [-0.2, 0) is 16.0 Å². The van der Waals surface area contributed by atoms with E-state index in [1.807, 2.05) is 36.4 Å². The zero-order valence-electron chi connectivity index (χ0n) is 14.5. The molecule has 6 heteroatoms. The van der Waals surface area contributed by atoms with Crippen LogP contribution in [0.2, 0.25) is 0 Å². The highest BCUT2D eigenvalue weighted by Gasteiger charge is 2.02. The summed E-state index contributed by atoms with van der Waals surface area (Å²) in [5, 5.41) is 8.62. The Labute approximate surface area is 147 Å². The molecule has 0 unspecified atom stereocenters. The minimum Gasteiger partial charge on any atom is -0.497 e. The van der Waals surface area contributed by atoms with Crippen LogP contribution in [0.3, 0.4) is 0 Å². The van der Waals surface area contributed by atoms with Gasteiger partial charge in [0.05, 0.1) is 13.7 Å². The van der Waals surface area contributed by atoms with E-state index in [2.05, 4.69) is 16.0 Å². The zero-order chi connectivity index (χ0) is 18.1. The van der Waals surface area contributed by atoms with Crippen LogP contribution >= 0.6 is 0 Å². The third-order valence-electron chi connectivity index (χ3n) is 3.53. The Balaban J connectivity index is 1.70. The van der Waals surface area contributed by atoms with E-state index in [0.717, 1.165) is 29.1 Å². The fourth-order valence-electron chi connectivity index (χ4n) is 2.29. The Kier molecular flexibility index (Phi) is 6.83.